The Bertz CT molecular complexity index is 1150. The Hall–Kier alpha value is -1.93. The van der Waals surface area contributed by atoms with Crippen molar-refractivity contribution in [2.45, 2.75) is 53.2 Å². The van der Waals surface area contributed by atoms with E-state index in [4.69, 9.17) is 55.9 Å². The fraction of sp³-hybridized carbons (Fsp3) is 0.458. The van der Waals surface area contributed by atoms with Gasteiger partial charge in [-0.25, -0.2) is 0 Å². The molecule has 35 heavy (non-hydrogen) atoms. The first-order valence-corrected chi connectivity index (χ1v) is 12.7. The lowest BCUT2D eigenvalue weighted by Gasteiger charge is -2.44. The first-order valence-electron chi connectivity index (χ1n) is 11.1. The van der Waals surface area contributed by atoms with Crippen LogP contribution >= 0.6 is 46.4 Å². The number of Topliss-reactive ketones (excluding diaryl/α,β-unsaturated/α-hetero) is 1. The number of azo groups is 2. The molecule has 1 aliphatic carbocycles. The van der Waals surface area contributed by atoms with Gasteiger partial charge in [-0.2, -0.15) is 20.5 Å². The van der Waals surface area contributed by atoms with Crippen molar-refractivity contribution in [3.05, 3.63) is 57.6 Å². The topological polar surface area (TPSA) is 85.0 Å². The van der Waals surface area contributed by atoms with Crippen LogP contribution in [0.5, 0.6) is 11.5 Å². The maximum absolute atomic E-state index is 14.5. The average molecular weight is 556 g/mol. The zero-order chi connectivity index (χ0) is 25.0. The third kappa shape index (κ3) is 3.74. The Labute approximate surface area is 222 Å². The van der Waals surface area contributed by atoms with Crippen molar-refractivity contribution >= 4 is 52.2 Å². The van der Waals surface area contributed by atoms with Crippen LogP contribution in [-0.4, -0.2) is 42.1 Å². The molecule has 0 bridgehead atoms. The Morgan fingerprint density at radius 2 is 1.23 bits per heavy atom. The number of carbonyl (C=O) groups is 1. The molecule has 0 amide bonds. The molecular formula is C24H22Cl4N4O3. The van der Waals surface area contributed by atoms with E-state index < -0.39 is 33.9 Å². The van der Waals surface area contributed by atoms with Crippen molar-refractivity contribution in [1.82, 2.24) is 0 Å². The van der Waals surface area contributed by atoms with Crippen molar-refractivity contribution in [2.75, 3.05) is 14.2 Å². The molecule has 0 N–H and O–H groups in total. The number of hydrogen-bond acceptors (Lipinski definition) is 7. The number of methoxy groups -OCH3 is 2. The van der Waals surface area contributed by atoms with Gasteiger partial charge in [0.15, 0.2) is 27.9 Å². The normalized spacial score (nSPS) is 33.7. The summed E-state index contributed by atoms with van der Waals surface area (Å²) in [4.78, 5) is 14.5. The quantitative estimate of drug-likeness (QED) is 0.296. The van der Waals surface area contributed by atoms with Crippen LogP contribution in [0.2, 0.25) is 10.0 Å². The number of benzene rings is 2. The number of rotatable bonds is 4. The Morgan fingerprint density at radius 3 is 1.60 bits per heavy atom. The summed E-state index contributed by atoms with van der Waals surface area (Å²) < 4.78 is 10.6. The molecule has 1 saturated carbocycles. The molecule has 2 heterocycles. The molecule has 3 aliphatic rings. The van der Waals surface area contributed by atoms with Gasteiger partial charge in [0.2, 0.25) is 0 Å². The summed E-state index contributed by atoms with van der Waals surface area (Å²) in [5.41, 5.74) is -2.39. The van der Waals surface area contributed by atoms with Gasteiger partial charge in [-0.1, -0.05) is 58.5 Å². The molecule has 184 valence electrons. The van der Waals surface area contributed by atoms with Crippen molar-refractivity contribution in [2.24, 2.45) is 20.5 Å². The summed E-state index contributed by atoms with van der Waals surface area (Å²) in [6, 6.07) is 10.7. The summed E-state index contributed by atoms with van der Waals surface area (Å²) in [7, 11) is 3.08. The summed E-state index contributed by atoms with van der Waals surface area (Å²) in [6.45, 7) is 0. The molecule has 2 aromatic rings. The number of nitrogens with zero attached hydrogens (tertiary/aromatic N) is 4. The number of alkyl halides is 2. The summed E-state index contributed by atoms with van der Waals surface area (Å²) in [5.74, 6) is -0.187. The van der Waals surface area contributed by atoms with Crippen molar-refractivity contribution < 1.29 is 14.3 Å². The minimum Gasteiger partial charge on any atom is -0.495 e. The first kappa shape index (κ1) is 24.8. The number of hydrogen-bond donors (Lipinski definition) is 0. The molecule has 2 aromatic carbocycles. The molecule has 2 aliphatic heterocycles. The third-order valence-electron chi connectivity index (χ3n) is 7.24. The number of carbonyl (C=O) groups excluding carboxylic acids is 1. The lowest BCUT2D eigenvalue weighted by atomic mass is 9.60. The standard InChI is InChI=1S/C24H22Cl4N4O3/c1-34-16-6-4-12(10-14(16)25)18-20(27)29-31-23(18)8-3-9-24(22(23)33)19(21(28)30-32-24)13-5-7-17(35-2)15(26)11-13/h4-7,10-11,18-21H,3,8-9H2,1-2H3. The molecule has 7 nitrogen and oxygen atoms in total. The van der Waals surface area contributed by atoms with Crippen molar-refractivity contribution in [3.63, 3.8) is 0 Å². The van der Waals surface area contributed by atoms with Crippen LogP contribution in [0.15, 0.2) is 56.9 Å². The second-order valence-electron chi connectivity index (χ2n) is 8.95. The van der Waals surface area contributed by atoms with Crippen molar-refractivity contribution in [3.8, 4) is 11.5 Å². The smallest absolute Gasteiger partial charge is 0.193 e. The molecule has 6 atom stereocenters. The lowest BCUT2D eigenvalue weighted by Crippen LogP contribution is -2.58. The highest BCUT2D eigenvalue weighted by Gasteiger charge is 2.66. The number of ketones is 1. The van der Waals surface area contributed by atoms with Gasteiger partial charge in [0.25, 0.3) is 0 Å². The van der Waals surface area contributed by atoms with Gasteiger partial charge in [0.05, 0.1) is 36.1 Å². The Morgan fingerprint density at radius 1 is 0.800 bits per heavy atom. The van der Waals surface area contributed by atoms with Crippen LogP contribution in [0, 0.1) is 0 Å². The second kappa shape index (κ2) is 9.18. The second-order valence-corrected chi connectivity index (χ2v) is 10.7. The van der Waals surface area contributed by atoms with Gasteiger partial charge < -0.3 is 9.47 Å². The van der Waals surface area contributed by atoms with Gasteiger partial charge >= 0.3 is 0 Å². The zero-order valence-corrected chi connectivity index (χ0v) is 21.9. The van der Waals surface area contributed by atoms with E-state index in [1.807, 2.05) is 12.1 Å². The summed E-state index contributed by atoms with van der Waals surface area (Å²) in [6.07, 6.45) is 1.62. The van der Waals surface area contributed by atoms with Crippen molar-refractivity contribution in [1.29, 1.82) is 0 Å². The summed E-state index contributed by atoms with van der Waals surface area (Å²) in [5, 5.41) is 18.4. The molecule has 11 heteroatoms. The van der Waals surface area contributed by atoms with E-state index in [0.29, 0.717) is 40.8 Å². The summed E-state index contributed by atoms with van der Waals surface area (Å²) >= 11 is 26.1. The number of ether oxygens (including phenoxy) is 2. The van der Waals surface area contributed by atoms with Gasteiger partial charge in [-0.15, -0.1) is 0 Å². The van der Waals surface area contributed by atoms with E-state index >= 15 is 0 Å². The molecule has 1 fully saturated rings. The van der Waals surface area contributed by atoms with Gasteiger partial charge in [0, 0.05) is 0 Å². The largest absolute Gasteiger partial charge is 0.495 e. The van der Waals surface area contributed by atoms with E-state index in [9.17, 15) is 4.79 Å². The predicted molar refractivity (Wildman–Crippen MR) is 135 cm³/mol. The van der Waals surface area contributed by atoms with E-state index in [2.05, 4.69) is 20.5 Å². The number of halogens is 4. The lowest BCUT2D eigenvalue weighted by molar-refractivity contribution is -0.133. The molecule has 2 spiro atoms. The third-order valence-corrected chi connectivity index (χ3v) is 8.51. The Balaban J connectivity index is 1.59. The van der Waals surface area contributed by atoms with E-state index in [0.717, 1.165) is 11.1 Å². The van der Waals surface area contributed by atoms with Gasteiger partial charge in [-0.3, -0.25) is 4.79 Å². The van der Waals surface area contributed by atoms with Crippen LogP contribution in [0.1, 0.15) is 42.2 Å². The van der Waals surface area contributed by atoms with Crippen LogP contribution in [-0.2, 0) is 4.79 Å². The SMILES string of the molecule is COc1ccc(C2C(Cl)N=NC23CCCC2(N=NC(Cl)C2c2ccc(OC)c(Cl)c2)C3=O)cc1Cl. The fourth-order valence-electron chi connectivity index (χ4n) is 5.66. The molecule has 5 rings (SSSR count). The molecule has 6 unspecified atom stereocenters. The maximum Gasteiger partial charge on any atom is 0.193 e. The highest BCUT2D eigenvalue weighted by atomic mass is 35.5. The van der Waals surface area contributed by atoms with Crippen LogP contribution in [0.4, 0.5) is 0 Å². The molecular weight excluding hydrogens is 534 g/mol. The minimum atomic E-state index is -1.21. The highest BCUT2D eigenvalue weighted by Crippen LogP contribution is 2.58. The van der Waals surface area contributed by atoms with Gasteiger partial charge in [-0.05, 0) is 54.7 Å². The molecule has 0 aromatic heterocycles. The molecule has 0 radical (unpaired) electrons. The Kier molecular flexibility index (Phi) is 6.49. The highest BCUT2D eigenvalue weighted by molar-refractivity contribution is 6.32. The van der Waals surface area contributed by atoms with Crippen LogP contribution in [0.25, 0.3) is 0 Å². The van der Waals surface area contributed by atoms with Crippen LogP contribution < -0.4 is 9.47 Å². The van der Waals surface area contributed by atoms with E-state index in [1.165, 1.54) is 0 Å². The van der Waals surface area contributed by atoms with Crippen LogP contribution in [0.3, 0.4) is 0 Å². The van der Waals surface area contributed by atoms with Gasteiger partial charge in [0.1, 0.15) is 11.5 Å². The first-order chi connectivity index (χ1) is 16.8. The van der Waals surface area contributed by atoms with E-state index in [1.54, 1.807) is 38.5 Å². The average Bonchev–Trinajstić information content (AvgIpc) is 3.35. The fourth-order valence-corrected chi connectivity index (χ4v) is 6.99. The predicted octanol–water partition coefficient (Wildman–Crippen LogP) is 7.17. The molecule has 0 saturated heterocycles. The van der Waals surface area contributed by atoms with E-state index in [-0.39, 0.29) is 5.78 Å². The monoisotopic (exact) mass is 554 g/mol. The zero-order valence-electron chi connectivity index (χ0n) is 18.9. The maximum atomic E-state index is 14.5. The minimum absolute atomic E-state index is 0.191.